The molecule has 2 heterocycles. The number of amides is 1. The van der Waals surface area contributed by atoms with E-state index in [9.17, 15) is 4.79 Å². The number of hydrogen-bond acceptors (Lipinski definition) is 4. The van der Waals surface area contributed by atoms with Gasteiger partial charge in [-0.25, -0.2) is 4.98 Å². The zero-order valence-corrected chi connectivity index (χ0v) is 11.0. The van der Waals surface area contributed by atoms with Crippen LogP contribution in [-0.4, -0.2) is 20.7 Å². The molecular formula is C13H17N5O. The van der Waals surface area contributed by atoms with Crippen molar-refractivity contribution in [3.05, 3.63) is 41.9 Å². The van der Waals surface area contributed by atoms with E-state index in [0.717, 1.165) is 12.0 Å². The van der Waals surface area contributed by atoms with Crippen LogP contribution in [0.25, 0.3) is 0 Å². The summed E-state index contributed by atoms with van der Waals surface area (Å²) in [4.78, 5) is 16.1. The van der Waals surface area contributed by atoms with Crippen LogP contribution >= 0.6 is 0 Å². The summed E-state index contributed by atoms with van der Waals surface area (Å²) in [5.74, 6) is 0.102. The number of carbonyl (C=O) groups excluding carboxylic acids is 1. The zero-order valence-electron chi connectivity index (χ0n) is 11.0. The SMILES string of the molecule is CC[C@H](NC(=O)c1cccc(N)n1)c1cnn(C)c1. The molecule has 0 unspecified atom stereocenters. The number of nitrogens with two attached hydrogens (primary N) is 1. The first-order valence-corrected chi connectivity index (χ1v) is 6.12. The third-order valence-electron chi connectivity index (χ3n) is 2.84. The summed E-state index contributed by atoms with van der Waals surface area (Å²) >= 11 is 0. The molecule has 0 spiro atoms. The number of anilines is 1. The molecule has 0 aromatic carbocycles. The first-order chi connectivity index (χ1) is 9.10. The molecular weight excluding hydrogens is 242 g/mol. The zero-order chi connectivity index (χ0) is 13.8. The Morgan fingerprint density at radius 3 is 2.89 bits per heavy atom. The van der Waals surface area contributed by atoms with Crippen LogP contribution in [0.2, 0.25) is 0 Å². The number of rotatable bonds is 4. The molecule has 0 radical (unpaired) electrons. The highest BCUT2D eigenvalue weighted by Crippen LogP contribution is 2.16. The van der Waals surface area contributed by atoms with Gasteiger partial charge in [-0.3, -0.25) is 9.48 Å². The predicted octanol–water partition coefficient (Wildman–Crippen LogP) is 1.28. The minimum atomic E-state index is -0.233. The van der Waals surface area contributed by atoms with Gasteiger partial charge in [0.2, 0.25) is 0 Å². The first-order valence-electron chi connectivity index (χ1n) is 6.12. The largest absolute Gasteiger partial charge is 0.384 e. The van der Waals surface area contributed by atoms with E-state index in [-0.39, 0.29) is 11.9 Å². The lowest BCUT2D eigenvalue weighted by molar-refractivity contribution is 0.0930. The molecule has 0 saturated heterocycles. The van der Waals surface area contributed by atoms with Crippen molar-refractivity contribution in [1.29, 1.82) is 0 Å². The fourth-order valence-corrected chi connectivity index (χ4v) is 1.85. The normalized spacial score (nSPS) is 12.1. The summed E-state index contributed by atoms with van der Waals surface area (Å²) in [5.41, 5.74) is 6.87. The Morgan fingerprint density at radius 1 is 1.53 bits per heavy atom. The Morgan fingerprint density at radius 2 is 2.32 bits per heavy atom. The summed E-state index contributed by atoms with van der Waals surface area (Å²) in [6.45, 7) is 2.00. The van der Waals surface area contributed by atoms with Crippen molar-refractivity contribution >= 4 is 11.7 Å². The lowest BCUT2D eigenvalue weighted by Crippen LogP contribution is -2.28. The molecule has 0 aliphatic heterocycles. The summed E-state index contributed by atoms with van der Waals surface area (Å²) in [5, 5.41) is 7.04. The fourth-order valence-electron chi connectivity index (χ4n) is 1.85. The highest BCUT2D eigenvalue weighted by Gasteiger charge is 2.16. The smallest absolute Gasteiger partial charge is 0.270 e. The van der Waals surface area contributed by atoms with Crippen LogP contribution in [0.3, 0.4) is 0 Å². The third kappa shape index (κ3) is 3.09. The third-order valence-corrected chi connectivity index (χ3v) is 2.84. The Labute approximate surface area is 111 Å². The second-order valence-corrected chi connectivity index (χ2v) is 4.33. The van der Waals surface area contributed by atoms with Gasteiger partial charge in [0.15, 0.2) is 0 Å². The van der Waals surface area contributed by atoms with Crippen molar-refractivity contribution in [1.82, 2.24) is 20.1 Å². The molecule has 2 aromatic heterocycles. The van der Waals surface area contributed by atoms with Crippen LogP contribution in [0, 0.1) is 0 Å². The van der Waals surface area contributed by atoms with Crippen LogP contribution in [0.15, 0.2) is 30.6 Å². The molecule has 100 valence electrons. The minimum Gasteiger partial charge on any atom is -0.384 e. The Bertz CT molecular complexity index is 578. The topological polar surface area (TPSA) is 85.8 Å². The minimum absolute atomic E-state index is 0.0792. The molecule has 0 saturated carbocycles. The van der Waals surface area contributed by atoms with Gasteiger partial charge in [-0.05, 0) is 18.6 Å². The maximum atomic E-state index is 12.1. The number of hydrogen-bond donors (Lipinski definition) is 2. The van der Waals surface area contributed by atoms with Crippen molar-refractivity contribution in [2.24, 2.45) is 7.05 Å². The highest BCUT2D eigenvalue weighted by molar-refractivity contribution is 5.92. The predicted molar refractivity (Wildman–Crippen MR) is 72.4 cm³/mol. The lowest BCUT2D eigenvalue weighted by atomic mass is 10.1. The second-order valence-electron chi connectivity index (χ2n) is 4.33. The number of aryl methyl sites for hydroxylation is 1. The Kier molecular flexibility index (Phi) is 3.79. The van der Waals surface area contributed by atoms with Crippen LogP contribution in [0.5, 0.6) is 0 Å². The number of pyridine rings is 1. The Hall–Kier alpha value is -2.37. The molecule has 6 nitrogen and oxygen atoms in total. The molecule has 0 bridgehead atoms. The van der Waals surface area contributed by atoms with Gasteiger partial charge < -0.3 is 11.1 Å². The van der Waals surface area contributed by atoms with Gasteiger partial charge in [0.1, 0.15) is 11.5 Å². The number of aromatic nitrogens is 3. The average molecular weight is 259 g/mol. The van der Waals surface area contributed by atoms with Crippen LogP contribution in [0.4, 0.5) is 5.82 Å². The molecule has 3 N–H and O–H groups in total. The van der Waals surface area contributed by atoms with E-state index >= 15 is 0 Å². The van der Waals surface area contributed by atoms with Gasteiger partial charge in [-0.1, -0.05) is 13.0 Å². The van der Waals surface area contributed by atoms with Gasteiger partial charge in [-0.15, -0.1) is 0 Å². The lowest BCUT2D eigenvalue weighted by Gasteiger charge is -2.15. The summed E-state index contributed by atoms with van der Waals surface area (Å²) < 4.78 is 1.71. The molecule has 2 aromatic rings. The number of nitrogen functional groups attached to an aromatic ring is 1. The number of carbonyl (C=O) groups is 1. The molecule has 1 atom stereocenters. The second kappa shape index (κ2) is 5.51. The van der Waals surface area contributed by atoms with Gasteiger partial charge in [0.05, 0.1) is 12.2 Å². The van der Waals surface area contributed by atoms with E-state index < -0.39 is 0 Å². The first kappa shape index (κ1) is 13.1. The molecule has 0 fully saturated rings. The molecule has 0 aliphatic carbocycles. The summed E-state index contributed by atoms with van der Waals surface area (Å²) in [6.07, 6.45) is 4.42. The van der Waals surface area contributed by atoms with Gasteiger partial charge >= 0.3 is 0 Å². The summed E-state index contributed by atoms with van der Waals surface area (Å²) in [7, 11) is 1.84. The quantitative estimate of drug-likeness (QED) is 0.866. The Balaban J connectivity index is 2.12. The maximum absolute atomic E-state index is 12.1. The van der Waals surface area contributed by atoms with Crippen LogP contribution in [-0.2, 0) is 7.05 Å². The molecule has 0 aliphatic rings. The van der Waals surface area contributed by atoms with Crippen molar-refractivity contribution < 1.29 is 4.79 Å². The van der Waals surface area contributed by atoms with Crippen molar-refractivity contribution in [3.8, 4) is 0 Å². The standard InChI is InChI=1S/C13H17N5O/c1-3-10(9-7-15-18(2)8-9)17-13(19)11-5-4-6-12(14)16-11/h4-8,10H,3H2,1-2H3,(H2,14,16)(H,17,19)/t10-/m0/s1. The van der Waals surface area contributed by atoms with Crippen molar-refractivity contribution in [2.45, 2.75) is 19.4 Å². The summed E-state index contributed by atoms with van der Waals surface area (Å²) in [6, 6.07) is 4.92. The van der Waals surface area contributed by atoms with E-state index in [1.165, 1.54) is 0 Å². The van der Waals surface area contributed by atoms with Crippen LogP contribution in [0.1, 0.15) is 35.4 Å². The molecule has 6 heteroatoms. The molecule has 19 heavy (non-hydrogen) atoms. The van der Waals surface area contributed by atoms with E-state index in [1.54, 1.807) is 29.1 Å². The van der Waals surface area contributed by atoms with Crippen LogP contribution < -0.4 is 11.1 Å². The van der Waals surface area contributed by atoms with Crippen molar-refractivity contribution in [3.63, 3.8) is 0 Å². The highest BCUT2D eigenvalue weighted by atomic mass is 16.1. The monoisotopic (exact) mass is 259 g/mol. The van der Waals surface area contributed by atoms with E-state index in [0.29, 0.717) is 11.5 Å². The van der Waals surface area contributed by atoms with Gasteiger partial charge in [0.25, 0.3) is 5.91 Å². The van der Waals surface area contributed by atoms with E-state index in [1.807, 2.05) is 20.2 Å². The fraction of sp³-hybridized carbons (Fsp3) is 0.308. The number of nitrogens with one attached hydrogen (secondary N) is 1. The van der Waals surface area contributed by atoms with E-state index in [2.05, 4.69) is 15.4 Å². The molecule has 1 amide bonds. The van der Waals surface area contributed by atoms with Crippen molar-refractivity contribution in [2.75, 3.05) is 5.73 Å². The molecule has 2 rings (SSSR count). The van der Waals surface area contributed by atoms with E-state index in [4.69, 9.17) is 5.73 Å². The number of nitrogens with zero attached hydrogens (tertiary/aromatic N) is 3. The average Bonchev–Trinajstić information content (AvgIpc) is 2.82. The maximum Gasteiger partial charge on any atom is 0.270 e. The van der Waals surface area contributed by atoms with Gasteiger partial charge in [0, 0.05) is 18.8 Å². The van der Waals surface area contributed by atoms with Gasteiger partial charge in [-0.2, -0.15) is 5.10 Å².